The predicted octanol–water partition coefficient (Wildman–Crippen LogP) is 3.01. The summed E-state index contributed by atoms with van der Waals surface area (Å²) in [4.78, 5) is 30.1. The summed E-state index contributed by atoms with van der Waals surface area (Å²) >= 11 is 5.88. The SMILES string of the molecule is C#Cc1cnc(C(=O)NCc2ccc(Cl)cc2)cc1O[C@H]1CCN2C(=O)OC[C@@H]2C1. The van der Waals surface area contributed by atoms with E-state index in [-0.39, 0.29) is 29.8 Å². The Morgan fingerprint density at radius 1 is 1.40 bits per heavy atom. The van der Waals surface area contributed by atoms with Crippen LogP contribution in [0.5, 0.6) is 5.75 Å². The Bertz CT molecular complexity index is 1000. The minimum Gasteiger partial charge on any atom is -0.489 e. The molecule has 30 heavy (non-hydrogen) atoms. The Labute approximate surface area is 179 Å². The quantitative estimate of drug-likeness (QED) is 0.745. The van der Waals surface area contributed by atoms with Crippen molar-refractivity contribution in [3.8, 4) is 18.1 Å². The van der Waals surface area contributed by atoms with Crippen molar-refractivity contribution in [2.75, 3.05) is 13.2 Å². The Morgan fingerprint density at radius 3 is 2.97 bits per heavy atom. The summed E-state index contributed by atoms with van der Waals surface area (Å²) in [5.74, 6) is 2.65. The first-order valence-corrected chi connectivity index (χ1v) is 10.0. The topological polar surface area (TPSA) is 80.8 Å². The molecular formula is C22H20ClN3O4. The highest BCUT2D eigenvalue weighted by Crippen LogP contribution is 2.28. The lowest BCUT2D eigenvalue weighted by molar-refractivity contribution is 0.0911. The van der Waals surface area contributed by atoms with Gasteiger partial charge in [0.2, 0.25) is 0 Å². The fourth-order valence-electron chi connectivity index (χ4n) is 3.59. The Hall–Kier alpha value is -3.24. The van der Waals surface area contributed by atoms with Gasteiger partial charge in [-0.3, -0.25) is 4.79 Å². The minimum absolute atomic E-state index is 0.00881. The number of benzene rings is 1. The number of nitrogens with zero attached hydrogens (tertiary/aromatic N) is 2. The first kappa shape index (κ1) is 20.0. The van der Waals surface area contributed by atoms with E-state index in [0.717, 1.165) is 5.56 Å². The molecule has 0 radical (unpaired) electrons. The molecule has 2 saturated heterocycles. The molecular weight excluding hydrogens is 406 g/mol. The summed E-state index contributed by atoms with van der Waals surface area (Å²) in [7, 11) is 0. The third kappa shape index (κ3) is 4.34. The molecule has 8 heteroatoms. The summed E-state index contributed by atoms with van der Waals surface area (Å²) < 4.78 is 11.2. The predicted molar refractivity (Wildman–Crippen MR) is 110 cm³/mol. The maximum absolute atomic E-state index is 12.5. The highest BCUT2D eigenvalue weighted by molar-refractivity contribution is 6.30. The summed E-state index contributed by atoms with van der Waals surface area (Å²) in [6.45, 7) is 1.29. The molecule has 3 heterocycles. The Morgan fingerprint density at radius 2 is 2.20 bits per heavy atom. The number of terminal acetylenes is 1. The van der Waals surface area contributed by atoms with Crippen LogP contribution in [-0.2, 0) is 11.3 Å². The number of hydrogen-bond acceptors (Lipinski definition) is 5. The fourth-order valence-corrected chi connectivity index (χ4v) is 3.72. The molecule has 1 aromatic carbocycles. The smallest absolute Gasteiger partial charge is 0.410 e. The van der Waals surface area contributed by atoms with Crippen LogP contribution < -0.4 is 10.1 Å². The van der Waals surface area contributed by atoms with Crippen LogP contribution in [0, 0.1) is 12.3 Å². The molecule has 2 aliphatic heterocycles. The number of hydrogen-bond donors (Lipinski definition) is 1. The molecule has 2 aromatic rings. The third-order valence-electron chi connectivity index (χ3n) is 5.22. The number of amides is 2. The van der Waals surface area contributed by atoms with Crippen LogP contribution in [-0.4, -0.2) is 47.2 Å². The van der Waals surface area contributed by atoms with E-state index in [4.69, 9.17) is 27.5 Å². The zero-order valence-corrected chi connectivity index (χ0v) is 16.9. The number of cyclic esters (lactones) is 1. The lowest BCUT2D eigenvalue weighted by Gasteiger charge is -2.32. The van der Waals surface area contributed by atoms with Gasteiger partial charge in [-0.1, -0.05) is 29.7 Å². The van der Waals surface area contributed by atoms with Crippen LogP contribution >= 0.6 is 11.6 Å². The molecule has 7 nitrogen and oxygen atoms in total. The number of rotatable bonds is 5. The number of piperidine rings is 1. The zero-order chi connectivity index (χ0) is 21.1. The van der Waals surface area contributed by atoms with Crippen molar-refractivity contribution in [2.24, 2.45) is 0 Å². The average molecular weight is 426 g/mol. The molecule has 0 unspecified atom stereocenters. The van der Waals surface area contributed by atoms with Gasteiger partial charge in [-0.15, -0.1) is 6.42 Å². The Kier molecular flexibility index (Phi) is 5.77. The van der Waals surface area contributed by atoms with Crippen LogP contribution in [0.1, 0.15) is 34.5 Å². The van der Waals surface area contributed by atoms with Crippen molar-refractivity contribution in [1.82, 2.24) is 15.2 Å². The molecule has 2 aliphatic rings. The molecule has 154 valence electrons. The second-order valence-corrected chi connectivity index (χ2v) is 7.64. The molecule has 2 atom stereocenters. The van der Waals surface area contributed by atoms with Crippen molar-refractivity contribution in [1.29, 1.82) is 0 Å². The lowest BCUT2D eigenvalue weighted by Crippen LogP contribution is -2.44. The zero-order valence-electron chi connectivity index (χ0n) is 16.1. The summed E-state index contributed by atoms with van der Waals surface area (Å²) in [6.07, 6.45) is 7.96. The van der Waals surface area contributed by atoms with Gasteiger partial charge in [0.15, 0.2) is 0 Å². The number of halogens is 1. The van der Waals surface area contributed by atoms with Gasteiger partial charge < -0.3 is 19.7 Å². The van der Waals surface area contributed by atoms with E-state index >= 15 is 0 Å². The minimum atomic E-state index is -0.331. The van der Waals surface area contributed by atoms with Gasteiger partial charge >= 0.3 is 6.09 Å². The molecule has 4 rings (SSSR count). The Balaban J connectivity index is 1.42. The van der Waals surface area contributed by atoms with E-state index in [1.54, 1.807) is 23.1 Å². The van der Waals surface area contributed by atoms with Gasteiger partial charge in [0.1, 0.15) is 24.2 Å². The van der Waals surface area contributed by atoms with Crippen LogP contribution in [0.2, 0.25) is 5.02 Å². The first-order chi connectivity index (χ1) is 14.5. The highest BCUT2D eigenvalue weighted by Gasteiger charge is 2.39. The van der Waals surface area contributed by atoms with Crippen molar-refractivity contribution < 1.29 is 19.1 Å². The van der Waals surface area contributed by atoms with Gasteiger partial charge in [-0.2, -0.15) is 0 Å². The van der Waals surface area contributed by atoms with Gasteiger partial charge in [0.05, 0.1) is 11.6 Å². The maximum atomic E-state index is 12.5. The van der Waals surface area contributed by atoms with E-state index in [1.165, 1.54) is 6.20 Å². The standard InChI is InChI=1S/C22H20ClN3O4/c1-2-15-12-24-19(21(27)25-11-14-3-5-16(23)6-4-14)10-20(15)30-18-7-8-26-17(9-18)13-29-22(26)28/h1,3-6,10,12,17-18H,7-9,11,13H2,(H,25,27)/t17-,18-/m0/s1. The number of pyridine rings is 1. The van der Waals surface area contributed by atoms with E-state index < -0.39 is 0 Å². The summed E-state index contributed by atoms with van der Waals surface area (Å²) in [5, 5.41) is 3.46. The van der Waals surface area contributed by atoms with E-state index in [9.17, 15) is 9.59 Å². The fraction of sp³-hybridized carbons (Fsp3) is 0.318. The highest BCUT2D eigenvalue weighted by atomic mass is 35.5. The van der Waals surface area contributed by atoms with Crippen molar-refractivity contribution >= 4 is 23.6 Å². The number of ether oxygens (including phenoxy) is 2. The third-order valence-corrected chi connectivity index (χ3v) is 5.47. The van der Waals surface area contributed by atoms with Crippen LogP contribution in [0.25, 0.3) is 0 Å². The first-order valence-electron chi connectivity index (χ1n) is 9.63. The number of nitrogens with one attached hydrogen (secondary N) is 1. The lowest BCUT2D eigenvalue weighted by atomic mass is 10.0. The number of fused-ring (bicyclic) bond motifs is 1. The van der Waals surface area contributed by atoms with Crippen molar-refractivity contribution in [2.45, 2.75) is 31.5 Å². The maximum Gasteiger partial charge on any atom is 0.410 e. The largest absolute Gasteiger partial charge is 0.489 e. The number of carbonyl (C=O) groups is 2. The molecule has 0 spiro atoms. The molecule has 1 N–H and O–H groups in total. The van der Waals surface area contributed by atoms with Crippen LogP contribution in [0.3, 0.4) is 0 Å². The van der Waals surface area contributed by atoms with Crippen LogP contribution in [0.4, 0.5) is 4.79 Å². The summed E-state index contributed by atoms with van der Waals surface area (Å²) in [6, 6.07) is 8.79. The van der Waals surface area contributed by atoms with E-state index in [0.29, 0.717) is 48.9 Å². The summed E-state index contributed by atoms with van der Waals surface area (Å²) in [5.41, 5.74) is 1.62. The molecule has 0 aliphatic carbocycles. The normalized spacial score (nSPS) is 20.1. The van der Waals surface area contributed by atoms with Crippen molar-refractivity contribution in [3.05, 3.63) is 58.4 Å². The molecule has 2 amide bonds. The average Bonchev–Trinajstić information content (AvgIpc) is 3.13. The molecule has 2 fully saturated rings. The van der Waals surface area contributed by atoms with E-state index in [2.05, 4.69) is 16.2 Å². The molecule has 1 aromatic heterocycles. The van der Waals surface area contributed by atoms with Gasteiger partial charge in [0, 0.05) is 43.2 Å². The monoisotopic (exact) mass is 425 g/mol. The van der Waals surface area contributed by atoms with Crippen molar-refractivity contribution in [3.63, 3.8) is 0 Å². The number of aromatic nitrogens is 1. The van der Waals surface area contributed by atoms with Gasteiger partial charge in [-0.25, -0.2) is 9.78 Å². The van der Waals surface area contributed by atoms with E-state index in [1.807, 2.05) is 12.1 Å². The molecule has 0 saturated carbocycles. The number of carbonyl (C=O) groups excluding carboxylic acids is 2. The second-order valence-electron chi connectivity index (χ2n) is 7.21. The van der Waals surface area contributed by atoms with Crippen LogP contribution in [0.15, 0.2) is 36.5 Å². The molecule has 0 bridgehead atoms. The second kappa shape index (κ2) is 8.64. The van der Waals surface area contributed by atoms with Gasteiger partial charge in [-0.05, 0) is 17.7 Å². The van der Waals surface area contributed by atoms with Gasteiger partial charge in [0.25, 0.3) is 5.91 Å².